The van der Waals surface area contributed by atoms with Crippen molar-refractivity contribution >= 4 is 27.3 Å². The minimum Gasteiger partial charge on any atom is -0.493 e. The van der Waals surface area contributed by atoms with E-state index in [1.807, 2.05) is 26.0 Å². The van der Waals surface area contributed by atoms with Gasteiger partial charge in [0.2, 0.25) is 5.91 Å². The van der Waals surface area contributed by atoms with E-state index in [0.29, 0.717) is 17.1 Å². The van der Waals surface area contributed by atoms with Crippen LogP contribution in [0.1, 0.15) is 11.1 Å². The van der Waals surface area contributed by atoms with Crippen molar-refractivity contribution in [2.75, 3.05) is 30.4 Å². The van der Waals surface area contributed by atoms with E-state index in [9.17, 15) is 13.2 Å². The monoisotopic (exact) mass is 454 g/mol. The molecule has 0 spiro atoms. The van der Waals surface area contributed by atoms with Crippen molar-refractivity contribution in [3.63, 3.8) is 0 Å². The van der Waals surface area contributed by atoms with Gasteiger partial charge in [-0.05, 0) is 61.4 Å². The minimum absolute atomic E-state index is 0.0122. The second kappa shape index (κ2) is 9.74. The number of aryl methyl sites for hydroxylation is 2. The fourth-order valence-corrected chi connectivity index (χ4v) is 4.79. The van der Waals surface area contributed by atoms with Gasteiger partial charge in [0.1, 0.15) is 6.54 Å². The van der Waals surface area contributed by atoms with Gasteiger partial charge in [0.25, 0.3) is 10.0 Å². The number of sulfonamides is 1. The number of ether oxygens (including phenoxy) is 2. The summed E-state index contributed by atoms with van der Waals surface area (Å²) >= 11 is 0. The van der Waals surface area contributed by atoms with Crippen molar-refractivity contribution in [3.05, 3.63) is 77.9 Å². The van der Waals surface area contributed by atoms with Crippen LogP contribution in [0.5, 0.6) is 11.5 Å². The van der Waals surface area contributed by atoms with Gasteiger partial charge in [0.15, 0.2) is 11.5 Å². The Morgan fingerprint density at radius 1 is 0.875 bits per heavy atom. The van der Waals surface area contributed by atoms with Crippen LogP contribution in [0.2, 0.25) is 0 Å². The lowest BCUT2D eigenvalue weighted by Gasteiger charge is -2.25. The maximum absolute atomic E-state index is 13.7. The van der Waals surface area contributed by atoms with Crippen LogP contribution in [0.15, 0.2) is 71.6 Å². The van der Waals surface area contributed by atoms with Crippen LogP contribution >= 0.6 is 0 Å². The van der Waals surface area contributed by atoms with Gasteiger partial charge in [-0.1, -0.05) is 24.3 Å². The Bertz CT molecular complexity index is 1190. The molecule has 0 saturated carbocycles. The van der Waals surface area contributed by atoms with E-state index < -0.39 is 22.5 Å². The molecule has 0 unspecified atom stereocenters. The molecule has 0 aliphatic carbocycles. The molecule has 3 rings (SSSR count). The summed E-state index contributed by atoms with van der Waals surface area (Å²) in [5.74, 6) is 0.230. The lowest BCUT2D eigenvalue weighted by Crippen LogP contribution is -2.38. The largest absolute Gasteiger partial charge is 0.493 e. The third kappa shape index (κ3) is 5.20. The molecule has 3 aromatic rings. The normalized spacial score (nSPS) is 11.0. The number of methoxy groups -OCH3 is 2. The Morgan fingerprint density at radius 3 is 2.09 bits per heavy atom. The fraction of sp³-hybridized carbons (Fsp3) is 0.208. The molecule has 0 heterocycles. The SMILES string of the molecule is COc1ccc(S(=O)(=O)N(CC(=O)Nc2ccccc2)c2cc(C)cc(C)c2)cc1OC. The topological polar surface area (TPSA) is 84.9 Å². The maximum Gasteiger partial charge on any atom is 0.264 e. The van der Waals surface area contributed by atoms with Crippen molar-refractivity contribution in [1.29, 1.82) is 0 Å². The zero-order chi connectivity index (χ0) is 23.3. The standard InChI is InChI=1S/C24H26N2O5S/c1-17-12-18(2)14-20(13-17)26(16-24(27)25-19-8-6-5-7-9-19)32(28,29)21-10-11-22(30-3)23(15-21)31-4/h5-15H,16H2,1-4H3,(H,25,27). The predicted octanol–water partition coefficient (Wildman–Crippen LogP) is 4.15. The van der Waals surface area contributed by atoms with E-state index in [2.05, 4.69) is 5.32 Å². The van der Waals surface area contributed by atoms with E-state index >= 15 is 0 Å². The summed E-state index contributed by atoms with van der Waals surface area (Å²) in [7, 11) is -1.19. The summed E-state index contributed by atoms with van der Waals surface area (Å²) in [4.78, 5) is 12.8. The summed E-state index contributed by atoms with van der Waals surface area (Å²) < 4.78 is 38.9. The predicted molar refractivity (Wildman–Crippen MR) is 125 cm³/mol. The molecule has 168 valence electrons. The van der Waals surface area contributed by atoms with Gasteiger partial charge < -0.3 is 14.8 Å². The second-order valence-corrected chi connectivity index (χ2v) is 9.15. The molecule has 0 aliphatic heterocycles. The first kappa shape index (κ1) is 23.1. The molecule has 0 radical (unpaired) electrons. The van der Waals surface area contributed by atoms with E-state index in [1.165, 1.54) is 32.4 Å². The number of benzene rings is 3. The lowest BCUT2D eigenvalue weighted by atomic mass is 10.1. The molecule has 0 aliphatic rings. The van der Waals surface area contributed by atoms with Gasteiger partial charge in [-0.25, -0.2) is 8.42 Å². The molecule has 8 heteroatoms. The van der Waals surface area contributed by atoms with Crippen molar-refractivity contribution in [1.82, 2.24) is 0 Å². The molecule has 7 nitrogen and oxygen atoms in total. The number of nitrogens with zero attached hydrogens (tertiary/aromatic N) is 1. The van der Waals surface area contributed by atoms with Crippen molar-refractivity contribution in [2.45, 2.75) is 18.7 Å². The first-order valence-electron chi connectivity index (χ1n) is 9.92. The second-order valence-electron chi connectivity index (χ2n) is 7.29. The summed E-state index contributed by atoms with van der Waals surface area (Å²) in [5.41, 5.74) is 2.76. The summed E-state index contributed by atoms with van der Waals surface area (Å²) in [6.07, 6.45) is 0. The number of amides is 1. The van der Waals surface area contributed by atoms with Crippen LogP contribution in [-0.4, -0.2) is 35.1 Å². The van der Waals surface area contributed by atoms with Gasteiger partial charge in [0.05, 0.1) is 24.8 Å². The van der Waals surface area contributed by atoms with E-state index in [4.69, 9.17) is 9.47 Å². The van der Waals surface area contributed by atoms with Crippen LogP contribution in [0.3, 0.4) is 0 Å². The molecule has 3 aromatic carbocycles. The number of rotatable bonds is 8. The minimum atomic E-state index is -4.10. The first-order valence-corrected chi connectivity index (χ1v) is 11.4. The van der Waals surface area contributed by atoms with Crippen molar-refractivity contribution in [2.24, 2.45) is 0 Å². The summed E-state index contributed by atoms with van der Waals surface area (Å²) in [5, 5.41) is 2.75. The van der Waals surface area contributed by atoms with Crippen molar-refractivity contribution < 1.29 is 22.7 Å². The average molecular weight is 455 g/mol. The van der Waals surface area contributed by atoms with Crippen LogP contribution in [0.4, 0.5) is 11.4 Å². The molecule has 0 saturated heterocycles. The Hall–Kier alpha value is -3.52. The number of hydrogen-bond acceptors (Lipinski definition) is 5. The number of carbonyl (C=O) groups excluding carboxylic acids is 1. The molecule has 0 aromatic heterocycles. The van der Waals surface area contributed by atoms with Gasteiger partial charge in [0, 0.05) is 11.8 Å². The number of carbonyl (C=O) groups is 1. The Kier molecular flexibility index (Phi) is 7.05. The summed E-state index contributed by atoms with van der Waals surface area (Å²) in [6.45, 7) is 3.36. The fourth-order valence-electron chi connectivity index (χ4n) is 3.37. The molecular weight excluding hydrogens is 428 g/mol. The number of anilines is 2. The van der Waals surface area contributed by atoms with E-state index in [1.54, 1.807) is 36.4 Å². The Labute approximate surface area is 188 Å². The smallest absolute Gasteiger partial charge is 0.264 e. The Morgan fingerprint density at radius 2 is 1.50 bits per heavy atom. The highest BCUT2D eigenvalue weighted by Gasteiger charge is 2.28. The van der Waals surface area contributed by atoms with Crippen LogP contribution in [-0.2, 0) is 14.8 Å². The molecule has 1 amide bonds. The third-order valence-corrected chi connectivity index (χ3v) is 6.55. The average Bonchev–Trinajstić information content (AvgIpc) is 2.76. The maximum atomic E-state index is 13.7. The van der Waals surface area contributed by atoms with Crippen molar-refractivity contribution in [3.8, 4) is 11.5 Å². The molecule has 32 heavy (non-hydrogen) atoms. The number of hydrogen-bond donors (Lipinski definition) is 1. The first-order chi connectivity index (χ1) is 15.2. The molecule has 0 fully saturated rings. The molecule has 0 atom stereocenters. The zero-order valence-electron chi connectivity index (χ0n) is 18.5. The lowest BCUT2D eigenvalue weighted by molar-refractivity contribution is -0.114. The number of para-hydroxylation sites is 1. The van der Waals surface area contributed by atoms with E-state index in [-0.39, 0.29) is 10.6 Å². The summed E-state index contributed by atoms with van der Waals surface area (Å²) in [6, 6.07) is 18.6. The van der Waals surface area contributed by atoms with E-state index in [0.717, 1.165) is 15.4 Å². The van der Waals surface area contributed by atoms with Gasteiger partial charge in [-0.3, -0.25) is 9.10 Å². The van der Waals surface area contributed by atoms with Gasteiger partial charge in [-0.15, -0.1) is 0 Å². The van der Waals surface area contributed by atoms with Crippen LogP contribution in [0.25, 0.3) is 0 Å². The van der Waals surface area contributed by atoms with Crippen LogP contribution < -0.4 is 19.1 Å². The molecule has 1 N–H and O–H groups in total. The quantitative estimate of drug-likeness (QED) is 0.553. The highest BCUT2D eigenvalue weighted by atomic mass is 32.2. The molecule has 0 bridgehead atoms. The van der Waals surface area contributed by atoms with Gasteiger partial charge in [-0.2, -0.15) is 0 Å². The zero-order valence-corrected chi connectivity index (χ0v) is 19.3. The number of nitrogens with one attached hydrogen (secondary N) is 1. The van der Waals surface area contributed by atoms with Gasteiger partial charge >= 0.3 is 0 Å². The molecular formula is C24H26N2O5S. The van der Waals surface area contributed by atoms with Crippen LogP contribution in [0, 0.1) is 13.8 Å². The highest BCUT2D eigenvalue weighted by molar-refractivity contribution is 7.92. The Balaban J connectivity index is 2.04. The highest BCUT2D eigenvalue weighted by Crippen LogP contribution is 2.32. The third-order valence-electron chi connectivity index (χ3n) is 4.78.